The molecular weight excluding hydrogens is 238 g/mol. The summed E-state index contributed by atoms with van der Waals surface area (Å²) in [6.45, 7) is 4.70. The van der Waals surface area contributed by atoms with Crippen molar-refractivity contribution in [3.05, 3.63) is 35.3 Å². The third kappa shape index (κ3) is 2.74. The molecule has 0 saturated carbocycles. The maximum Gasteiger partial charge on any atom is 0.138 e. The standard InChI is InChI=1S/C11H14ClN5/c1-7(2)9-10(12)16-6-17-11(9)15-5-8-13-3-4-14-8/h3-4,6-7H,5H2,1-2H3,(H,13,14)(H,15,16,17). The van der Waals surface area contributed by atoms with Crippen LogP contribution in [0, 0.1) is 0 Å². The number of anilines is 1. The van der Waals surface area contributed by atoms with Crippen LogP contribution in [0.4, 0.5) is 5.82 Å². The van der Waals surface area contributed by atoms with Crippen LogP contribution < -0.4 is 5.32 Å². The fourth-order valence-corrected chi connectivity index (χ4v) is 1.94. The highest BCUT2D eigenvalue weighted by Crippen LogP contribution is 2.27. The molecule has 0 aliphatic carbocycles. The Morgan fingerprint density at radius 2 is 2.18 bits per heavy atom. The van der Waals surface area contributed by atoms with Crippen LogP contribution in [-0.4, -0.2) is 19.9 Å². The summed E-state index contributed by atoms with van der Waals surface area (Å²) in [5.41, 5.74) is 0.931. The largest absolute Gasteiger partial charge is 0.362 e. The number of nitrogens with one attached hydrogen (secondary N) is 2. The third-order valence-corrected chi connectivity index (χ3v) is 2.69. The SMILES string of the molecule is CC(C)c1c(Cl)ncnc1NCc1ncc[nH]1. The van der Waals surface area contributed by atoms with Crippen LogP contribution in [-0.2, 0) is 6.54 Å². The molecule has 2 rings (SSSR count). The molecule has 2 aromatic heterocycles. The number of aromatic nitrogens is 4. The molecule has 0 saturated heterocycles. The van der Waals surface area contributed by atoms with E-state index in [2.05, 4.69) is 39.1 Å². The lowest BCUT2D eigenvalue weighted by Crippen LogP contribution is -2.08. The highest BCUT2D eigenvalue weighted by atomic mass is 35.5. The van der Waals surface area contributed by atoms with Gasteiger partial charge in [0.05, 0.1) is 6.54 Å². The van der Waals surface area contributed by atoms with Gasteiger partial charge in [0.15, 0.2) is 0 Å². The number of H-pyrrole nitrogens is 1. The van der Waals surface area contributed by atoms with Crippen molar-refractivity contribution >= 4 is 17.4 Å². The van der Waals surface area contributed by atoms with E-state index >= 15 is 0 Å². The van der Waals surface area contributed by atoms with Crippen molar-refractivity contribution in [3.63, 3.8) is 0 Å². The number of aromatic amines is 1. The van der Waals surface area contributed by atoms with Crippen LogP contribution in [0.1, 0.15) is 31.2 Å². The van der Waals surface area contributed by atoms with E-state index in [4.69, 9.17) is 11.6 Å². The van der Waals surface area contributed by atoms with Gasteiger partial charge in [0, 0.05) is 18.0 Å². The highest BCUT2D eigenvalue weighted by Gasteiger charge is 2.13. The molecular formula is C11H14ClN5. The maximum atomic E-state index is 6.07. The van der Waals surface area contributed by atoms with E-state index in [9.17, 15) is 0 Å². The Balaban J connectivity index is 2.18. The Morgan fingerprint density at radius 1 is 1.35 bits per heavy atom. The molecule has 2 aromatic rings. The van der Waals surface area contributed by atoms with Crippen molar-refractivity contribution in [2.45, 2.75) is 26.3 Å². The molecule has 17 heavy (non-hydrogen) atoms. The second-order valence-corrected chi connectivity index (χ2v) is 4.33. The van der Waals surface area contributed by atoms with Gasteiger partial charge in [-0.1, -0.05) is 25.4 Å². The zero-order chi connectivity index (χ0) is 12.3. The van der Waals surface area contributed by atoms with E-state index in [1.165, 1.54) is 6.33 Å². The van der Waals surface area contributed by atoms with Gasteiger partial charge in [-0.05, 0) is 5.92 Å². The second kappa shape index (κ2) is 5.14. The molecule has 2 heterocycles. The van der Waals surface area contributed by atoms with Gasteiger partial charge in [0.2, 0.25) is 0 Å². The molecule has 0 fully saturated rings. The first-order valence-corrected chi connectivity index (χ1v) is 5.78. The molecule has 0 radical (unpaired) electrons. The fourth-order valence-electron chi connectivity index (χ4n) is 1.59. The molecule has 90 valence electrons. The first kappa shape index (κ1) is 11.9. The third-order valence-electron chi connectivity index (χ3n) is 2.39. The predicted molar refractivity (Wildman–Crippen MR) is 67.0 cm³/mol. The Labute approximate surface area is 105 Å². The predicted octanol–water partition coefficient (Wildman–Crippen LogP) is 2.59. The van der Waals surface area contributed by atoms with E-state index in [0.29, 0.717) is 11.7 Å². The average molecular weight is 252 g/mol. The first-order valence-electron chi connectivity index (χ1n) is 5.41. The lowest BCUT2D eigenvalue weighted by Gasteiger charge is -2.13. The quantitative estimate of drug-likeness (QED) is 0.820. The van der Waals surface area contributed by atoms with Gasteiger partial charge in [0.25, 0.3) is 0 Å². The van der Waals surface area contributed by atoms with Crippen molar-refractivity contribution < 1.29 is 0 Å². The summed E-state index contributed by atoms with van der Waals surface area (Å²) in [6.07, 6.45) is 4.96. The first-order chi connectivity index (χ1) is 8.18. The van der Waals surface area contributed by atoms with Gasteiger partial charge in [-0.15, -0.1) is 0 Å². The molecule has 0 unspecified atom stereocenters. The van der Waals surface area contributed by atoms with Crippen LogP contribution in [0.15, 0.2) is 18.7 Å². The average Bonchev–Trinajstić information content (AvgIpc) is 2.78. The molecule has 0 spiro atoms. The lowest BCUT2D eigenvalue weighted by molar-refractivity contribution is 0.841. The summed E-state index contributed by atoms with van der Waals surface area (Å²) in [5.74, 6) is 1.88. The lowest BCUT2D eigenvalue weighted by atomic mass is 10.1. The monoisotopic (exact) mass is 251 g/mol. The van der Waals surface area contributed by atoms with Crippen molar-refractivity contribution in [1.82, 2.24) is 19.9 Å². The Morgan fingerprint density at radius 3 is 2.82 bits per heavy atom. The van der Waals surface area contributed by atoms with Crippen LogP contribution in [0.25, 0.3) is 0 Å². The van der Waals surface area contributed by atoms with Gasteiger partial charge in [0.1, 0.15) is 23.1 Å². The summed E-state index contributed by atoms with van der Waals surface area (Å²) in [5, 5.41) is 3.71. The van der Waals surface area contributed by atoms with Crippen LogP contribution in [0.3, 0.4) is 0 Å². The number of nitrogens with zero attached hydrogens (tertiary/aromatic N) is 3. The Kier molecular flexibility index (Phi) is 3.58. The minimum atomic E-state index is 0.266. The smallest absolute Gasteiger partial charge is 0.138 e. The zero-order valence-electron chi connectivity index (χ0n) is 9.74. The molecule has 5 nitrogen and oxygen atoms in total. The van der Waals surface area contributed by atoms with E-state index in [0.717, 1.165) is 17.2 Å². The molecule has 0 aromatic carbocycles. The van der Waals surface area contributed by atoms with Crippen LogP contribution in [0.2, 0.25) is 5.15 Å². The van der Waals surface area contributed by atoms with Gasteiger partial charge >= 0.3 is 0 Å². The van der Waals surface area contributed by atoms with Gasteiger partial charge in [-0.3, -0.25) is 0 Å². The number of hydrogen-bond acceptors (Lipinski definition) is 4. The normalized spacial score (nSPS) is 10.8. The number of imidazole rings is 1. The Bertz CT molecular complexity index is 481. The van der Waals surface area contributed by atoms with Crippen molar-refractivity contribution in [2.75, 3.05) is 5.32 Å². The van der Waals surface area contributed by atoms with E-state index in [1.54, 1.807) is 12.4 Å². The molecule has 2 N–H and O–H groups in total. The number of hydrogen-bond donors (Lipinski definition) is 2. The summed E-state index contributed by atoms with van der Waals surface area (Å²) in [6, 6.07) is 0. The number of halogens is 1. The fraction of sp³-hybridized carbons (Fsp3) is 0.364. The highest BCUT2D eigenvalue weighted by molar-refractivity contribution is 6.30. The maximum absolute atomic E-state index is 6.07. The number of rotatable bonds is 4. The van der Waals surface area contributed by atoms with Crippen LogP contribution in [0.5, 0.6) is 0 Å². The zero-order valence-corrected chi connectivity index (χ0v) is 10.5. The van der Waals surface area contributed by atoms with Crippen LogP contribution >= 0.6 is 11.6 Å². The minimum absolute atomic E-state index is 0.266. The second-order valence-electron chi connectivity index (χ2n) is 3.97. The topological polar surface area (TPSA) is 66.5 Å². The van der Waals surface area contributed by atoms with Crippen molar-refractivity contribution in [1.29, 1.82) is 0 Å². The van der Waals surface area contributed by atoms with Crippen molar-refractivity contribution in [2.24, 2.45) is 0 Å². The van der Waals surface area contributed by atoms with E-state index < -0.39 is 0 Å². The molecule has 0 aliphatic heterocycles. The summed E-state index contributed by atoms with van der Waals surface area (Å²) >= 11 is 6.07. The summed E-state index contributed by atoms with van der Waals surface area (Å²) in [7, 11) is 0. The molecule has 0 bridgehead atoms. The summed E-state index contributed by atoms with van der Waals surface area (Å²) in [4.78, 5) is 15.4. The Hall–Kier alpha value is -1.62. The van der Waals surface area contributed by atoms with Crippen molar-refractivity contribution in [3.8, 4) is 0 Å². The molecule has 0 aliphatic rings. The van der Waals surface area contributed by atoms with Gasteiger partial charge in [-0.2, -0.15) is 0 Å². The van der Waals surface area contributed by atoms with E-state index in [1.807, 2.05) is 0 Å². The summed E-state index contributed by atoms with van der Waals surface area (Å²) < 4.78 is 0. The van der Waals surface area contributed by atoms with Gasteiger partial charge in [-0.25, -0.2) is 15.0 Å². The molecule has 6 heteroatoms. The minimum Gasteiger partial charge on any atom is -0.362 e. The molecule has 0 amide bonds. The molecule has 0 atom stereocenters. The van der Waals surface area contributed by atoms with E-state index in [-0.39, 0.29) is 5.92 Å². The van der Waals surface area contributed by atoms with Gasteiger partial charge < -0.3 is 10.3 Å².